The molecule has 0 saturated carbocycles. The fourth-order valence-corrected chi connectivity index (χ4v) is 3.76. The average Bonchev–Trinajstić information content (AvgIpc) is 2.69. The molecular formula is C12H9BrFNO2S2. The van der Waals surface area contributed by atoms with Gasteiger partial charge >= 0.3 is 5.97 Å². The van der Waals surface area contributed by atoms with Crippen molar-refractivity contribution >= 4 is 45.0 Å². The van der Waals surface area contributed by atoms with E-state index in [1.807, 2.05) is 0 Å². The number of halogens is 2. The molecule has 2 rings (SSSR count). The minimum absolute atomic E-state index is 0.235. The van der Waals surface area contributed by atoms with Gasteiger partial charge in [-0.25, -0.2) is 14.2 Å². The molecule has 100 valence electrons. The van der Waals surface area contributed by atoms with Crippen LogP contribution in [0.25, 0.3) is 0 Å². The topological polar surface area (TPSA) is 50.2 Å². The van der Waals surface area contributed by atoms with Gasteiger partial charge in [0.1, 0.15) is 10.7 Å². The van der Waals surface area contributed by atoms with Crippen LogP contribution in [0.1, 0.15) is 20.9 Å². The molecule has 0 unspecified atom stereocenters. The maximum absolute atomic E-state index is 13.6. The van der Waals surface area contributed by atoms with Crippen molar-refractivity contribution in [3.05, 3.63) is 44.6 Å². The molecule has 0 bridgehead atoms. The monoisotopic (exact) mass is 361 g/mol. The van der Waals surface area contributed by atoms with Crippen molar-refractivity contribution < 1.29 is 14.3 Å². The Labute approximate surface area is 126 Å². The van der Waals surface area contributed by atoms with Crippen molar-refractivity contribution in [3.63, 3.8) is 0 Å². The molecule has 7 heteroatoms. The quantitative estimate of drug-likeness (QED) is 0.822. The van der Waals surface area contributed by atoms with E-state index < -0.39 is 5.97 Å². The summed E-state index contributed by atoms with van der Waals surface area (Å²) in [6, 6.07) is 4.88. The molecule has 1 aromatic heterocycles. The smallest absolute Gasteiger partial charge is 0.347 e. The Hall–Kier alpha value is -0.920. The molecule has 1 aromatic carbocycles. The Morgan fingerprint density at radius 2 is 2.32 bits per heavy atom. The van der Waals surface area contributed by atoms with Gasteiger partial charge in [0.05, 0.1) is 5.69 Å². The zero-order chi connectivity index (χ0) is 14.0. The lowest BCUT2D eigenvalue weighted by molar-refractivity contribution is 0.0701. The average molecular weight is 362 g/mol. The predicted molar refractivity (Wildman–Crippen MR) is 77.5 cm³/mol. The lowest BCUT2D eigenvalue weighted by Gasteiger charge is -2.01. The summed E-state index contributed by atoms with van der Waals surface area (Å²) in [4.78, 5) is 15.3. The van der Waals surface area contributed by atoms with E-state index in [1.54, 1.807) is 19.1 Å². The Balaban J connectivity index is 2.10. The molecule has 1 N–H and O–H groups in total. The third kappa shape index (κ3) is 3.55. The van der Waals surface area contributed by atoms with Crippen molar-refractivity contribution in [1.82, 2.24) is 4.98 Å². The van der Waals surface area contributed by atoms with Crippen molar-refractivity contribution in [2.75, 3.05) is 0 Å². The molecule has 2 aromatic rings. The number of carboxylic acids is 1. The lowest BCUT2D eigenvalue weighted by atomic mass is 10.2. The SMILES string of the molecule is Cc1nc(SCc2ccc(Br)cc2F)sc1C(=O)O. The first-order valence-corrected chi connectivity index (χ1v) is 7.84. The first kappa shape index (κ1) is 14.5. The molecule has 0 radical (unpaired) electrons. The molecular weight excluding hydrogens is 353 g/mol. The van der Waals surface area contributed by atoms with Crippen molar-refractivity contribution in [3.8, 4) is 0 Å². The Morgan fingerprint density at radius 1 is 1.58 bits per heavy atom. The fourth-order valence-electron chi connectivity index (χ4n) is 1.41. The number of benzene rings is 1. The summed E-state index contributed by atoms with van der Waals surface area (Å²) in [6.07, 6.45) is 0. The van der Waals surface area contributed by atoms with Gasteiger partial charge in [-0.2, -0.15) is 0 Å². The highest BCUT2D eigenvalue weighted by Crippen LogP contribution is 2.30. The van der Waals surface area contributed by atoms with E-state index in [2.05, 4.69) is 20.9 Å². The summed E-state index contributed by atoms with van der Waals surface area (Å²) in [6.45, 7) is 1.66. The van der Waals surface area contributed by atoms with Gasteiger partial charge in [-0.3, -0.25) is 0 Å². The van der Waals surface area contributed by atoms with Crippen molar-refractivity contribution in [2.24, 2.45) is 0 Å². The predicted octanol–water partition coefficient (Wildman–Crippen LogP) is 4.34. The highest BCUT2D eigenvalue weighted by atomic mass is 79.9. The summed E-state index contributed by atoms with van der Waals surface area (Å²) >= 11 is 5.65. The highest BCUT2D eigenvalue weighted by Gasteiger charge is 2.14. The lowest BCUT2D eigenvalue weighted by Crippen LogP contribution is -1.94. The Kier molecular flexibility index (Phi) is 4.59. The van der Waals surface area contributed by atoms with E-state index in [-0.39, 0.29) is 10.7 Å². The van der Waals surface area contributed by atoms with Crippen LogP contribution in [0.4, 0.5) is 4.39 Å². The van der Waals surface area contributed by atoms with Crippen LogP contribution in [0.5, 0.6) is 0 Å². The molecule has 0 spiro atoms. The van der Waals surface area contributed by atoms with Gasteiger partial charge in [-0.15, -0.1) is 11.3 Å². The van der Waals surface area contributed by atoms with Crippen LogP contribution in [0.3, 0.4) is 0 Å². The van der Waals surface area contributed by atoms with Crippen molar-refractivity contribution in [1.29, 1.82) is 0 Å². The van der Waals surface area contributed by atoms with Crippen LogP contribution in [0, 0.1) is 12.7 Å². The second kappa shape index (κ2) is 6.02. The number of aromatic nitrogens is 1. The molecule has 0 aliphatic rings. The highest BCUT2D eigenvalue weighted by molar-refractivity contribution is 9.10. The number of aromatic carboxylic acids is 1. The molecule has 0 saturated heterocycles. The van der Waals surface area contributed by atoms with Crippen LogP contribution in [0.2, 0.25) is 0 Å². The van der Waals surface area contributed by atoms with Crippen LogP contribution in [0.15, 0.2) is 27.0 Å². The van der Waals surface area contributed by atoms with E-state index >= 15 is 0 Å². The third-order valence-corrected chi connectivity index (χ3v) is 5.17. The normalized spacial score (nSPS) is 10.7. The molecule has 1 heterocycles. The summed E-state index contributed by atoms with van der Waals surface area (Å²) in [5.74, 6) is -0.837. The molecule has 0 aliphatic carbocycles. The molecule has 0 atom stereocenters. The molecule has 3 nitrogen and oxygen atoms in total. The number of hydrogen-bond donors (Lipinski definition) is 1. The number of rotatable bonds is 4. The van der Waals surface area contributed by atoms with Crippen LogP contribution >= 0.6 is 39.0 Å². The van der Waals surface area contributed by atoms with Crippen molar-refractivity contribution in [2.45, 2.75) is 17.0 Å². The maximum atomic E-state index is 13.6. The van der Waals surface area contributed by atoms with Gasteiger partial charge in [-0.05, 0) is 24.6 Å². The summed E-state index contributed by atoms with van der Waals surface area (Å²) in [5, 5.41) is 8.93. The molecule has 0 aliphatic heterocycles. The summed E-state index contributed by atoms with van der Waals surface area (Å²) in [7, 11) is 0. The van der Waals surface area contributed by atoms with Crippen LogP contribution in [-0.2, 0) is 5.75 Å². The number of carbonyl (C=O) groups is 1. The second-order valence-corrected chi connectivity index (χ2v) is 6.86. The van der Waals surface area contributed by atoms with Gasteiger partial charge in [0.15, 0.2) is 4.34 Å². The van der Waals surface area contributed by atoms with Crippen LogP contribution in [-0.4, -0.2) is 16.1 Å². The minimum Gasteiger partial charge on any atom is -0.477 e. The fraction of sp³-hybridized carbons (Fsp3) is 0.167. The first-order valence-electron chi connectivity index (χ1n) is 5.25. The summed E-state index contributed by atoms with van der Waals surface area (Å²) < 4.78 is 14.9. The van der Waals surface area contributed by atoms with Crippen LogP contribution < -0.4 is 0 Å². The minimum atomic E-state index is -0.975. The first-order chi connectivity index (χ1) is 8.97. The Morgan fingerprint density at radius 3 is 2.89 bits per heavy atom. The number of nitrogens with zero attached hydrogens (tertiary/aromatic N) is 1. The van der Waals surface area contributed by atoms with E-state index in [1.165, 1.54) is 17.8 Å². The zero-order valence-corrected chi connectivity index (χ0v) is 13.0. The van der Waals surface area contributed by atoms with E-state index in [0.717, 1.165) is 11.3 Å². The largest absolute Gasteiger partial charge is 0.477 e. The number of carboxylic acid groups (broad SMARTS) is 1. The second-order valence-electron chi connectivity index (χ2n) is 3.72. The van der Waals surface area contributed by atoms with Gasteiger partial charge in [0.2, 0.25) is 0 Å². The number of aryl methyl sites for hydroxylation is 1. The number of thiazole rings is 1. The molecule has 0 amide bonds. The number of thioether (sulfide) groups is 1. The number of hydrogen-bond acceptors (Lipinski definition) is 4. The van der Waals surface area contributed by atoms with Gasteiger partial charge in [0.25, 0.3) is 0 Å². The zero-order valence-electron chi connectivity index (χ0n) is 9.81. The third-order valence-electron chi connectivity index (χ3n) is 2.34. The van der Waals surface area contributed by atoms with E-state index in [4.69, 9.17) is 5.11 Å². The van der Waals surface area contributed by atoms with Gasteiger partial charge < -0.3 is 5.11 Å². The maximum Gasteiger partial charge on any atom is 0.347 e. The molecule has 19 heavy (non-hydrogen) atoms. The van der Waals surface area contributed by atoms with Gasteiger partial charge in [0, 0.05) is 10.2 Å². The summed E-state index contributed by atoms with van der Waals surface area (Å²) in [5.41, 5.74) is 1.06. The standard InChI is InChI=1S/C12H9BrFNO2S2/c1-6-10(11(16)17)19-12(15-6)18-5-7-2-3-8(13)4-9(7)14/h2-4H,5H2,1H3,(H,16,17). The van der Waals surface area contributed by atoms with E-state index in [9.17, 15) is 9.18 Å². The Bertz CT molecular complexity index is 630. The van der Waals surface area contributed by atoms with E-state index in [0.29, 0.717) is 25.8 Å². The van der Waals surface area contributed by atoms with Gasteiger partial charge in [-0.1, -0.05) is 33.8 Å². The molecule has 0 fully saturated rings.